The van der Waals surface area contributed by atoms with Gasteiger partial charge in [0.05, 0.1) is 17.1 Å². The Labute approximate surface area is 179 Å². The second-order valence-corrected chi connectivity index (χ2v) is 8.58. The van der Waals surface area contributed by atoms with Gasteiger partial charge >= 0.3 is 0 Å². The molecule has 1 unspecified atom stereocenters. The molecule has 1 atom stereocenters. The highest BCUT2D eigenvalue weighted by Crippen LogP contribution is 2.32. The fraction of sp³-hybridized carbons (Fsp3) is 0.346. The van der Waals surface area contributed by atoms with Gasteiger partial charge < -0.3 is 0 Å². The highest BCUT2D eigenvalue weighted by Gasteiger charge is 2.19. The number of fused-ring (bicyclic) bond motifs is 1. The molecule has 4 nitrogen and oxygen atoms in total. The van der Waals surface area contributed by atoms with Gasteiger partial charge in [0.1, 0.15) is 11.5 Å². The van der Waals surface area contributed by atoms with Crippen LogP contribution in [0, 0.1) is 18.8 Å². The summed E-state index contributed by atoms with van der Waals surface area (Å²) in [5, 5.41) is 0. The number of hydrogen-bond acceptors (Lipinski definition) is 3. The number of hydrogen-bond donors (Lipinski definition) is 0. The topological polar surface area (TPSA) is 43.1 Å². The van der Waals surface area contributed by atoms with Crippen molar-refractivity contribution in [2.45, 2.75) is 47.5 Å². The van der Waals surface area contributed by atoms with Crippen LogP contribution in [-0.2, 0) is 12.8 Å². The maximum Gasteiger partial charge on any atom is 0.138 e. The lowest BCUT2D eigenvalue weighted by molar-refractivity contribution is 0.409. The Morgan fingerprint density at radius 2 is 1.73 bits per heavy atom. The van der Waals surface area contributed by atoms with Crippen molar-refractivity contribution in [3.05, 3.63) is 71.8 Å². The molecular weight excluding hydrogens is 368 g/mol. The van der Waals surface area contributed by atoms with E-state index in [9.17, 15) is 0 Å². The average molecular weight is 399 g/mol. The minimum absolute atomic E-state index is 0.533. The first kappa shape index (κ1) is 20.3. The SMILES string of the molecule is CCc1ccn2c(-c3ccnc(CC(C)C(C)C)n3)c(-c3ccc(C)cc3)nc2c1. The minimum Gasteiger partial charge on any atom is -0.298 e. The third kappa shape index (κ3) is 4.00. The summed E-state index contributed by atoms with van der Waals surface area (Å²) in [6.07, 6.45) is 5.86. The Bertz CT molecular complexity index is 1160. The monoisotopic (exact) mass is 398 g/mol. The highest BCUT2D eigenvalue weighted by molar-refractivity contribution is 5.80. The fourth-order valence-corrected chi connectivity index (χ4v) is 3.62. The number of aromatic nitrogens is 4. The van der Waals surface area contributed by atoms with E-state index in [1.165, 1.54) is 11.1 Å². The van der Waals surface area contributed by atoms with Crippen LogP contribution in [0.15, 0.2) is 54.9 Å². The number of nitrogens with zero attached hydrogens (tertiary/aromatic N) is 4. The predicted molar refractivity (Wildman–Crippen MR) is 123 cm³/mol. The Morgan fingerprint density at radius 1 is 0.967 bits per heavy atom. The molecule has 0 aliphatic heterocycles. The van der Waals surface area contributed by atoms with E-state index >= 15 is 0 Å². The Hall–Kier alpha value is -3.01. The first-order chi connectivity index (χ1) is 14.5. The molecule has 0 bridgehead atoms. The molecule has 0 radical (unpaired) electrons. The fourth-order valence-electron chi connectivity index (χ4n) is 3.62. The van der Waals surface area contributed by atoms with Gasteiger partial charge in [-0.3, -0.25) is 4.40 Å². The van der Waals surface area contributed by atoms with E-state index in [0.717, 1.165) is 47.0 Å². The first-order valence-corrected chi connectivity index (χ1v) is 10.9. The zero-order valence-electron chi connectivity index (χ0n) is 18.6. The van der Waals surface area contributed by atoms with Gasteiger partial charge in [0.15, 0.2) is 0 Å². The van der Waals surface area contributed by atoms with Crippen molar-refractivity contribution in [1.82, 2.24) is 19.4 Å². The normalized spacial score (nSPS) is 12.6. The van der Waals surface area contributed by atoms with Crippen LogP contribution in [-0.4, -0.2) is 19.4 Å². The van der Waals surface area contributed by atoms with Gasteiger partial charge in [-0.25, -0.2) is 15.0 Å². The molecule has 4 aromatic rings. The van der Waals surface area contributed by atoms with Gasteiger partial charge in [0.25, 0.3) is 0 Å². The number of rotatable bonds is 6. The van der Waals surface area contributed by atoms with Crippen LogP contribution in [0.2, 0.25) is 0 Å². The van der Waals surface area contributed by atoms with Gasteiger partial charge in [0.2, 0.25) is 0 Å². The Morgan fingerprint density at radius 3 is 2.43 bits per heavy atom. The van der Waals surface area contributed by atoms with Gasteiger partial charge in [0, 0.05) is 24.4 Å². The number of pyridine rings is 1. The van der Waals surface area contributed by atoms with Gasteiger partial charge in [-0.15, -0.1) is 0 Å². The summed E-state index contributed by atoms with van der Waals surface area (Å²) in [5.41, 5.74) is 7.49. The second-order valence-electron chi connectivity index (χ2n) is 8.58. The van der Waals surface area contributed by atoms with E-state index in [1.807, 2.05) is 12.3 Å². The van der Waals surface area contributed by atoms with Crippen molar-refractivity contribution >= 4 is 5.65 Å². The lowest BCUT2D eigenvalue weighted by Crippen LogP contribution is -2.10. The summed E-state index contributed by atoms with van der Waals surface area (Å²) in [5.74, 6) is 2.03. The lowest BCUT2D eigenvalue weighted by Gasteiger charge is -2.14. The molecule has 0 spiro atoms. The summed E-state index contributed by atoms with van der Waals surface area (Å²) in [4.78, 5) is 14.5. The van der Waals surface area contributed by atoms with Crippen LogP contribution < -0.4 is 0 Å². The average Bonchev–Trinajstić information content (AvgIpc) is 3.12. The summed E-state index contributed by atoms with van der Waals surface area (Å²) in [7, 11) is 0. The first-order valence-electron chi connectivity index (χ1n) is 10.9. The third-order valence-electron chi connectivity index (χ3n) is 6.01. The summed E-state index contributed by atoms with van der Waals surface area (Å²) in [6.45, 7) is 11.0. The van der Waals surface area contributed by atoms with Crippen LogP contribution >= 0.6 is 0 Å². The molecular formula is C26H30N4. The summed E-state index contributed by atoms with van der Waals surface area (Å²) < 4.78 is 2.16. The Balaban J connectivity index is 1.88. The maximum atomic E-state index is 5.02. The molecule has 154 valence electrons. The van der Waals surface area contributed by atoms with Crippen LogP contribution in [0.25, 0.3) is 28.3 Å². The second kappa shape index (κ2) is 8.39. The molecule has 0 aliphatic rings. The number of imidazole rings is 1. The minimum atomic E-state index is 0.533. The molecule has 0 saturated heterocycles. The van der Waals surface area contributed by atoms with Crippen molar-refractivity contribution in [3.63, 3.8) is 0 Å². The third-order valence-corrected chi connectivity index (χ3v) is 6.01. The van der Waals surface area contributed by atoms with Gasteiger partial charge in [-0.05, 0) is 48.9 Å². The molecule has 3 heterocycles. The van der Waals surface area contributed by atoms with Crippen LogP contribution in [0.3, 0.4) is 0 Å². The molecule has 30 heavy (non-hydrogen) atoms. The molecule has 1 aromatic carbocycles. The van der Waals surface area contributed by atoms with E-state index in [2.05, 4.69) is 86.6 Å². The maximum absolute atomic E-state index is 5.02. The molecule has 3 aromatic heterocycles. The van der Waals surface area contributed by atoms with E-state index in [4.69, 9.17) is 9.97 Å². The van der Waals surface area contributed by atoms with Crippen molar-refractivity contribution in [3.8, 4) is 22.6 Å². The molecule has 0 N–H and O–H groups in total. The standard InChI is InChI=1S/C26H30N4/c1-6-20-12-14-30-24(16-20)29-25(21-9-7-18(4)8-10-21)26(30)22-11-13-27-23(28-22)15-19(5)17(2)3/h7-14,16-17,19H,6,15H2,1-5H3. The molecule has 4 heteroatoms. The van der Waals surface area contributed by atoms with Gasteiger partial charge in [-0.2, -0.15) is 0 Å². The zero-order valence-corrected chi connectivity index (χ0v) is 18.6. The van der Waals surface area contributed by atoms with E-state index in [1.54, 1.807) is 0 Å². The molecule has 0 amide bonds. The van der Waals surface area contributed by atoms with Crippen molar-refractivity contribution in [2.24, 2.45) is 11.8 Å². The zero-order chi connectivity index (χ0) is 21.3. The Kier molecular flexibility index (Phi) is 5.67. The quantitative estimate of drug-likeness (QED) is 0.390. The molecule has 0 fully saturated rings. The molecule has 0 aliphatic carbocycles. The van der Waals surface area contributed by atoms with E-state index in [-0.39, 0.29) is 0 Å². The van der Waals surface area contributed by atoms with Crippen molar-refractivity contribution in [1.29, 1.82) is 0 Å². The number of aryl methyl sites for hydroxylation is 2. The predicted octanol–water partition coefficient (Wildman–Crippen LogP) is 6.16. The van der Waals surface area contributed by atoms with Crippen molar-refractivity contribution < 1.29 is 0 Å². The number of benzene rings is 1. The molecule has 4 rings (SSSR count). The molecule has 0 saturated carbocycles. The summed E-state index contributed by atoms with van der Waals surface area (Å²) >= 11 is 0. The van der Waals surface area contributed by atoms with Crippen molar-refractivity contribution in [2.75, 3.05) is 0 Å². The smallest absolute Gasteiger partial charge is 0.138 e. The lowest BCUT2D eigenvalue weighted by atomic mass is 9.94. The highest BCUT2D eigenvalue weighted by atomic mass is 15.0. The van der Waals surface area contributed by atoms with Crippen LogP contribution in [0.5, 0.6) is 0 Å². The largest absolute Gasteiger partial charge is 0.298 e. The summed E-state index contributed by atoms with van der Waals surface area (Å²) in [6, 6.07) is 14.9. The van der Waals surface area contributed by atoms with Crippen LogP contribution in [0.4, 0.5) is 0 Å². The van der Waals surface area contributed by atoms with E-state index < -0.39 is 0 Å². The van der Waals surface area contributed by atoms with E-state index in [0.29, 0.717) is 11.8 Å². The van der Waals surface area contributed by atoms with Gasteiger partial charge in [-0.1, -0.05) is 57.5 Å². The van der Waals surface area contributed by atoms with Crippen LogP contribution in [0.1, 0.15) is 44.6 Å².